The smallest absolute Gasteiger partial charge is 0.208 e. The van der Waals surface area contributed by atoms with E-state index in [0.29, 0.717) is 17.4 Å². The van der Waals surface area contributed by atoms with Crippen LogP contribution in [0.3, 0.4) is 0 Å². The van der Waals surface area contributed by atoms with Crippen LogP contribution < -0.4 is 10.2 Å². The number of nitrogens with one attached hydrogen (secondary N) is 1. The summed E-state index contributed by atoms with van der Waals surface area (Å²) in [5.74, 6) is 0.657. The number of piperidine rings is 1. The highest BCUT2D eigenvalue weighted by atomic mass is 32.1. The van der Waals surface area contributed by atoms with Crippen LogP contribution in [0.5, 0.6) is 0 Å². The zero-order valence-corrected chi connectivity index (χ0v) is 20.4. The normalized spacial score (nSPS) is 21.6. The fourth-order valence-electron chi connectivity index (χ4n) is 5.25. The molecule has 1 aliphatic carbocycles. The van der Waals surface area contributed by atoms with Crippen molar-refractivity contribution in [3.63, 3.8) is 0 Å². The maximum atomic E-state index is 10.4. The van der Waals surface area contributed by atoms with Crippen LogP contribution >= 0.6 is 11.3 Å². The molecule has 10 heteroatoms. The molecule has 4 aromatic heterocycles. The number of aliphatic hydroxyl groups excluding tert-OH is 1. The van der Waals surface area contributed by atoms with Gasteiger partial charge in [-0.05, 0) is 51.0 Å². The number of nitriles is 1. The summed E-state index contributed by atoms with van der Waals surface area (Å²) in [7, 11) is 0. The Hall–Kier alpha value is -3.55. The van der Waals surface area contributed by atoms with Crippen LogP contribution in [0.2, 0.25) is 0 Å². The minimum atomic E-state index is -0.177. The molecule has 4 aromatic rings. The molecule has 0 unspecified atom stereocenters. The Labute approximate surface area is 207 Å². The van der Waals surface area contributed by atoms with Crippen molar-refractivity contribution >= 4 is 27.7 Å². The first-order chi connectivity index (χ1) is 17.0. The van der Waals surface area contributed by atoms with Crippen LogP contribution in [-0.4, -0.2) is 55.1 Å². The van der Waals surface area contributed by atoms with Crippen LogP contribution in [-0.2, 0) is 0 Å². The summed E-state index contributed by atoms with van der Waals surface area (Å²) in [6.07, 6.45) is 5.40. The summed E-state index contributed by atoms with van der Waals surface area (Å²) in [5, 5.41) is 38.2. The fraction of sp³-hybridized carbons (Fsp3) is 0.400. The van der Waals surface area contributed by atoms with Crippen molar-refractivity contribution in [3.8, 4) is 28.0 Å². The molecular weight excluding hydrogens is 460 g/mol. The topological polar surface area (TPSA) is 115 Å². The first-order valence-corrected chi connectivity index (χ1v) is 12.7. The van der Waals surface area contributed by atoms with Crippen LogP contribution in [0, 0.1) is 23.2 Å². The van der Waals surface area contributed by atoms with E-state index in [1.54, 1.807) is 22.0 Å². The van der Waals surface area contributed by atoms with Crippen molar-refractivity contribution in [1.82, 2.24) is 24.8 Å². The second kappa shape index (κ2) is 8.59. The van der Waals surface area contributed by atoms with E-state index in [1.807, 2.05) is 30.5 Å². The average Bonchev–Trinajstić information content (AvgIpc) is 3.54. The molecular formula is C25H26N8OS. The van der Waals surface area contributed by atoms with Crippen molar-refractivity contribution < 1.29 is 5.11 Å². The maximum Gasteiger partial charge on any atom is 0.208 e. The Bertz CT molecular complexity index is 1420. The third kappa shape index (κ3) is 3.90. The number of aromatic nitrogens is 5. The van der Waals surface area contributed by atoms with Gasteiger partial charge in [-0.2, -0.15) is 10.4 Å². The number of hydrogen-bond donors (Lipinski definition) is 2. The summed E-state index contributed by atoms with van der Waals surface area (Å²) in [6.45, 7) is 5.87. The van der Waals surface area contributed by atoms with Crippen LogP contribution in [0.25, 0.3) is 27.5 Å². The average molecular weight is 487 g/mol. The number of anilines is 2. The van der Waals surface area contributed by atoms with E-state index in [2.05, 4.69) is 45.4 Å². The molecule has 5 heterocycles. The molecule has 0 amide bonds. The van der Waals surface area contributed by atoms with E-state index < -0.39 is 0 Å². The SMILES string of the molecule is CC(C)Nc1cc(-c2ccc3cc(C#N)cnn23)ncc1-c1nnc(N2C[C@H]3CC[C@@H](C2)[C@H]3O)s1. The highest BCUT2D eigenvalue weighted by Gasteiger charge is 2.41. The molecule has 0 spiro atoms. The van der Waals surface area contributed by atoms with Crippen molar-refractivity contribution in [3.05, 3.63) is 42.2 Å². The monoisotopic (exact) mass is 486 g/mol. The molecule has 3 atom stereocenters. The largest absolute Gasteiger partial charge is 0.392 e. The molecule has 1 aliphatic heterocycles. The van der Waals surface area contributed by atoms with Crippen LogP contribution in [0.1, 0.15) is 32.3 Å². The lowest BCUT2D eigenvalue weighted by Crippen LogP contribution is -2.44. The van der Waals surface area contributed by atoms with Gasteiger partial charge in [0.1, 0.15) is 6.07 Å². The first kappa shape index (κ1) is 21.9. The van der Waals surface area contributed by atoms with Gasteiger partial charge >= 0.3 is 0 Å². The van der Waals surface area contributed by atoms with Crippen molar-refractivity contribution in [1.29, 1.82) is 5.26 Å². The molecule has 9 nitrogen and oxygen atoms in total. The highest BCUT2D eigenvalue weighted by Crippen LogP contribution is 2.41. The van der Waals surface area contributed by atoms with Gasteiger partial charge in [0.2, 0.25) is 5.13 Å². The van der Waals surface area contributed by atoms with Gasteiger partial charge in [0.25, 0.3) is 0 Å². The zero-order chi connectivity index (χ0) is 24.1. The van der Waals surface area contributed by atoms with E-state index in [1.165, 1.54) is 0 Å². The number of fused-ring (bicyclic) bond motifs is 3. The molecule has 1 saturated carbocycles. The lowest BCUT2D eigenvalue weighted by Gasteiger charge is -2.34. The second-order valence-electron chi connectivity index (χ2n) is 9.71. The molecule has 2 N–H and O–H groups in total. The van der Waals surface area contributed by atoms with Gasteiger partial charge in [-0.3, -0.25) is 4.98 Å². The third-order valence-corrected chi connectivity index (χ3v) is 7.96. The molecule has 2 bridgehead atoms. The lowest BCUT2D eigenvalue weighted by atomic mass is 9.96. The van der Waals surface area contributed by atoms with Crippen molar-refractivity contribution in [2.24, 2.45) is 11.8 Å². The quantitative estimate of drug-likeness (QED) is 0.438. The number of pyridine rings is 1. The van der Waals surface area contributed by atoms with Gasteiger partial charge in [-0.1, -0.05) is 11.3 Å². The predicted molar refractivity (Wildman–Crippen MR) is 135 cm³/mol. The van der Waals surface area contributed by atoms with Gasteiger partial charge in [-0.15, -0.1) is 10.2 Å². The minimum absolute atomic E-state index is 0.177. The molecule has 0 aromatic carbocycles. The number of nitrogens with zero attached hydrogens (tertiary/aromatic N) is 7. The van der Waals surface area contributed by atoms with Crippen LogP contribution in [0.4, 0.5) is 10.8 Å². The standard InChI is InChI=1S/C25H26N8OS/c1-14(2)29-20-8-21(22-6-5-18-7-15(9-26)10-28-33(18)22)27-11-19(20)24-30-31-25(35-24)32-12-16-3-4-17(13-32)23(16)34/h5-8,10-11,14,16-17,23,34H,3-4,12-13H2,1-2H3,(H,27,29)/t16-,17+,23+. The molecule has 1 saturated heterocycles. The second-order valence-corrected chi connectivity index (χ2v) is 10.7. The molecule has 178 valence electrons. The lowest BCUT2D eigenvalue weighted by molar-refractivity contribution is 0.0792. The van der Waals surface area contributed by atoms with E-state index in [9.17, 15) is 5.11 Å². The summed E-state index contributed by atoms with van der Waals surface area (Å²) >= 11 is 1.57. The summed E-state index contributed by atoms with van der Waals surface area (Å²) < 4.78 is 1.80. The van der Waals surface area contributed by atoms with Crippen molar-refractivity contribution in [2.75, 3.05) is 23.3 Å². The molecule has 35 heavy (non-hydrogen) atoms. The van der Waals surface area contributed by atoms with Gasteiger partial charge in [-0.25, -0.2) is 4.52 Å². The molecule has 2 aliphatic rings. The number of aliphatic hydroxyl groups is 1. The fourth-order valence-corrected chi connectivity index (χ4v) is 6.14. The number of hydrogen-bond acceptors (Lipinski definition) is 9. The zero-order valence-electron chi connectivity index (χ0n) is 19.6. The van der Waals surface area contributed by atoms with E-state index in [0.717, 1.165) is 64.2 Å². The highest BCUT2D eigenvalue weighted by molar-refractivity contribution is 7.18. The van der Waals surface area contributed by atoms with Crippen molar-refractivity contribution in [2.45, 2.75) is 38.8 Å². The van der Waals surface area contributed by atoms with E-state index in [-0.39, 0.29) is 12.1 Å². The Balaban J connectivity index is 1.34. The Morgan fingerprint density at radius 1 is 1.14 bits per heavy atom. The summed E-state index contributed by atoms with van der Waals surface area (Å²) in [6, 6.07) is 10.1. The number of rotatable bonds is 5. The summed E-state index contributed by atoms with van der Waals surface area (Å²) in [5.41, 5.74) is 4.84. The van der Waals surface area contributed by atoms with Gasteiger partial charge in [0, 0.05) is 42.9 Å². The molecule has 6 rings (SSSR count). The van der Waals surface area contributed by atoms with E-state index in [4.69, 9.17) is 10.2 Å². The van der Waals surface area contributed by atoms with Crippen LogP contribution in [0.15, 0.2) is 36.7 Å². The first-order valence-electron chi connectivity index (χ1n) is 11.9. The van der Waals surface area contributed by atoms with E-state index >= 15 is 0 Å². The van der Waals surface area contributed by atoms with Gasteiger partial charge in [0.15, 0.2) is 5.01 Å². The molecule has 2 fully saturated rings. The Morgan fingerprint density at radius 3 is 2.69 bits per heavy atom. The summed E-state index contributed by atoms with van der Waals surface area (Å²) in [4.78, 5) is 7.03. The molecule has 0 radical (unpaired) electrons. The van der Waals surface area contributed by atoms with Gasteiger partial charge in [0.05, 0.1) is 40.3 Å². The maximum absolute atomic E-state index is 10.4. The Kier molecular flexibility index (Phi) is 5.39. The third-order valence-electron chi connectivity index (χ3n) is 6.94. The van der Waals surface area contributed by atoms with Gasteiger partial charge < -0.3 is 15.3 Å². The minimum Gasteiger partial charge on any atom is -0.392 e. The Morgan fingerprint density at radius 2 is 1.94 bits per heavy atom. The predicted octanol–water partition coefficient (Wildman–Crippen LogP) is 3.81.